The number of carbonyl (C=O) groups is 2. The van der Waals surface area contributed by atoms with Gasteiger partial charge in [-0.3, -0.25) is 14.4 Å². The molecule has 216 valence electrons. The van der Waals surface area contributed by atoms with Crippen LogP contribution in [0.1, 0.15) is 58.1 Å². The summed E-state index contributed by atoms with van der Waals surface area (Å²) in [6.45, 7) is 7.82. The number of anilines is 2. The molecule has 2 saturated heterocycles. The van der Waals surface area contributed by atoms with E-state index in [0.29, 0.717) is 42.8 Å². The summed E-state index contributed by atoms with van der Waals surface area (Å²) in [5, 5.41) is 1.69. The summed E-state index contributed by atoms with van der Waals surface area (Å²) in [7, 11) is 0. The van der Waals surface area contributed by atoms with Crippen molar-refractivity contribution < 1.29 is 28.6 Å². The van der Waals surface area contributed by atoms with Gasteiger partial charge in [0.1, 0.15) is 11.7 Å². The van der Waals surface area contributed by atoms with Crippen LogP contribution < -0.4 is 24.2 Å². The summed E-state index contributed by atoms with van der Waals surface area (Å²) in [6.07, 6.45) is 3.01. The number of amides is 2. The number of imide groups is 1. The van der Waals surface area contributed by atoms with E-state index in [-0.39, 0.29) is 11.8 Å². The van der Waals surface area contributed by atoms with E-state index < -0.39 is 18.1 Å². The van der Waals surface area contributed by atoms with E-state index in [2.05, 4.69) is 13.8 Å². The zero-order valence-corrected chi connectivity index (χ0v) is 24.0. The molecule has 3 aromatic rings. The lowest BCUT2D eigenvalue weighted by Gasteiger charge is -2.29. The normalized spacial score (nSPS) is 19.9. The number of rotatable bonds is 13. The molecule has 2 fully saturated rings. The van der Waals surface area contributed by atoms with Gasteiger partial charge >= 0.3 is 0 Å². The first-order chi connectivity index (χ1) is 20.1. The van der Waals surface area contributed by atoms with Gasteiger partial charge in [-0.25, -0.2) is 9.96 Å². The van der Waals surface area contributed by atoms with Crippen LogP contribution in [0, 0.1) is 5.92 Å². The quantitative estimate of drug-likeness (QED) is 0.175. The number of nitrogens with zero attached hydrogens (tertiary/aromatic N) is 2. The Labute approximate surface area is 241 Å². The maximum atomic E-state index is 14.0. The van der Waals surface area contributed by atoms with Gasteiger partial charge in [-0.15, -0.1) is 0 Å². The molecule has 2 aliphatic rings. The van der Waals surface area contributed by atoms with Crippen molar-refractivity contribution in [3.05, 3.63) is 78.4 Å². The summed E-state index contributed by atoms with van der Waals surface area (Å²) >= 11 is 0. The molecule has 3 atom stereocenters. The highest BCUT2D eigenvalue weighted by Crippen LogP contribution is 2.48. The van der Waals surface area contributed by atoms with E-state index in [9.17, 15) is 9.59 Å². The average Bonchev–Trinajstić information content (AvgIpc) is 3.50. The molecular weight excluding hydrogens is 520 g/mol. The molecule has 8 heteroatoms. The van der Waals surface area contributed by atoms with E-state index in [1.54, 1.807) is 29.3 Å². The third-order valence-electron chi connectivity index (χ3n) is 7.35. The van der Waals surface area contributed by atoms with Crippen LogP contribution in [0.15, 0.2) is 72.8 Å². The van der Waals surface area contributed by atoms with Gasteiger partial charge in [0, 0.05) is 0 Å². The smallest absolute Gasteiger partial charge is 0.266 e. The summed E-state index contributed by atoms with van der Waals surface area (Å²) < 4.78 is 17.7. The number of ether oxygens (including phenoxy) is 3. The average molecular weight is 559 g/mol. The van der Waals surface area contributed by atoms with Crippen LogP contribution in [-0.2, 0) is 14.4 Å². The molecule has 2 heterocycles. The molecule has 0 aliphatic carbocycles. The first-order valence-electron chi connectivity index (χ1n) is 14.6. The number of fused-ring (bicyclic) bond motifs is 1. The Balaban J connectivity index is 1.47. The van der Waals surface area contributed by atoms with Crippen LogP contribution in [0.25, 0.3) is 0 Å². The molecule has 0 unspecified atom stereocenters. The van der Waals surface area contributed by atoms with Gasteiger partial charge in [0.25, 0.3) is 5.91 Å². The van der Waals surface area contributed by atoms with Gasteiger partial charge in [0.15, 0.2) is 17.6 Å². The topological polar surface area (TPSA) is 77.5 Å². The van der Waals surface area contributed by atoms with Crippen molar-refractivity contribution in [3.63, 3.8) is 0 Å². The predicted molar refractivity (Wildman–Crippen MR) is 157 cm³/mol. The summed E-state index contributed by atoms with van der Waals surface area (Å²) in [6, 6.07) is 21.8. The molecule has 5 rings (SSSR count). The Morgan fingerprint density at radius 2 is 1.44 bits per heavy atom. The van der Waals surface area contributed by atoms with E-state index in [1.807, 2.05) is 55.5 Å². The number of hydroxylamine groups is 1. The van der Waals surface area contributed by atoms with Crippen molar-refractivity contribution in [2.45, 2.75) is 58.6 Å². The van der Waals surface area contributed by atoms with Crippen LogP contribution in [-0.4, -0.2) is 37.7 Å². The lowest BCUT2D eigenvalue weighted by molar-refractivity contribution is -0.126. The maximum Gasteiger partial charge on any atom is 0.266 e. The second-order valence-electron chi connectivity index (χ2n) is 10.2. The molecule has 2 amide bonds. The van der Waals surface area contributed by atoms with Gasteiger partial charge in [0.05, 0.1) is 37.2 Å². The number of carbonyl (C=O) groups excluding carboxylic acids is 2. The Bertz CT molecular complexity index is 1330. The van der Waals surface area contributed by atoms with Crippen molar-refractivity contribution >= 4 is 23.2 Å². The highest BCUT2D eigenvalue weighted by molar-refractivity contribution is 6.23. The number of benzene rings is 3. The lowest BCUT2D eigenvalue weighted by Crippen LogP contribution is -2.37. The molecule has 3 aromatic carbocycles. The molecule has 0 N–H and O–H groups in total. The van der Waals surface area contributed by atoms with Gasteiger partial charge in [0.2, 0.25) is 5.91 Å². The minimum Gasteiger partial charge on any atom is -0.494 e. The molecule has 0 spiro atoms. The Morgan fingerprint density at radius 1 is 0.732 bits per heavy atom. The van der Waals surface area contributed by atoms with E-state index >= 15 is 0 Å². The zero-order chi connectivity index (χ0) is 28.8. The van der Waals surface area contributed by atoms with Crippen molar-refractivity contribution in [1.82, 2.24) is 0 Å². The molecule has 0 bridgehead atoms. The van der Waals surface area contributed by atoms with E-state index in [4.69, 9.17) is 19.0 Å². The Morgan fingerprint density at radius 3 is 2.12 bits per heavy atom. The Hall–Kier alpha value is -4.04. The SMILES string of the molecule is CCCCOc1ccc(N2C(=O)[C@@H]3[C@@H](ON(c4ccccc4)[C@H]3c3ccc(OCCCC)c(OCC)c3)C2=O)cc1. The summed E-state index contributed by atoms with van der Waals surface area (Å²) in [5.41, 5.74) is 2.06. The van der Waals surface area contributed by atoms with Crippen molar-refractivity contribution in [2.24, 2.45) is 5.92 Å². The third-order valence-corrected chi connectivity index (χ3v) is 7.35. The van der Waals surface area contributed by atoms with Crippen LogP contribution in [0.2, 0.25) is 0 Å². The molecule has 0 radical (unpaired) electrons. The molecule has 2 aliphatic heterocycles. The van der Waals surface area contributed by atoms with E-state index in [1.165, 1.54) is 4.90 Å². The first-order valence-corrected chi connectivity index (χ1v) is 14.6. The second-order valence-corrected chi connectivity index (χ2v) is 10.2. The summed E-state index contributed by atoms with van der Waals surface area (Å²) in [5.74, 6) is 0.532. The molecular formula is C33H38N2O6. The summed E-state index contributed by atoms with van der Waals surface area (Å²) in [4.78, 5) is 35.3. The van der Waals surface area contributed by atoms with Crippen molar-refractivity contribution in [3.8, 4) is 17.2 Å². The highest BCUT2D eigenvalue weighted by Gasteiger charge is 2.60. The largest absolute Gasteiger partial charge is 0.494 e. The highest BCUT2D eigenvalue weighted by atomic mass is 16.7. The van der Waals surface area contributed by atoms with Crippen LogP contribution in [0.5, 0.6) is 17.2 Å². The van der Waals surface area contributed by atoms with Gasteiger partial charge in [-0.1, -0.05) is 51.0 Å². The molecule has 8 nitrogen and oxygen atoms in total. The number of unbranched alkanes of at least 4 members (excludes halogenated alkanes) is 2. The monoisotopic (exact) mass is 558 g/mol. The molecule has 0 saturated carbocycles. The second kappa shape index (κ2) is 13.1. The van der Waals surface area contributed by atoms with Crippen LogP contribution in [0.4, 0.5) is 11.4 Å². The zero-order valence-electron chi connectivity index (χ0n) is 24.0. The molecule has 0 aromatic heterocycles. The van der Waals surface area contributed by atoms with Crippen molar-refractivity contribution in [1.29, 1.82) is 0 Å². The maximum absolute atomic E-state index is 14.0. The predicted octanol–water partition coefficient (Wildman–Crippen LogP) is 6.49. The number of para-hydroxylation sites is 1. The van der Waals surface area contributed by atoms with Crippen molar-refractivity contribution in [2.75, 3.05) is 29.8 Å². The van der Waals surface area contributed by atoms with Gasteiger partial charge in [-0.05, 0) is 73.9 Å². The van der Waals surface area contributed by atoms with Crippen LogP contribution in [0.3, 0.4) is 0 Å². The van der Waals surface area contributed by atoms with Gasteiger partial charge < -0.3 is 14.2 Å². The standard InChI is InChI=1S/C33H38N2O6/c1-4-7-20-39-26-17-15-24(16-18-26)34-32(36)29-30(35(41-31(29)33(34)37)25-12-10-9-11-13-25)23-14-19-27(40-21-8-5-2)28(22-23)38-6-3/h9-19,22,29-31H,4-8,20-21H2,1-3H3/t29-,30-,31+/m0/s1. The minimum absolute atomic E-state index is 0.302. The van der Waals surface area contributed by atoms with E-state index in [0.717, 1.165) is 36.9 Å². The first kappa shape index (κ1) is 28.5. The lowest BCUT2D eigenvalue weighted by atomic mass is 9.90. The minimum atomic E-state index is -0.954. The Kier molecular flexibility index (Phi) is 9.09. The fourth-order valence-electron chi connectivity index (χ4n) is 5.26. The number of hydrogen-bond donors (Lipinski definition) is 0. The fourth-order valence-corrected chi connectivity index (χ4v) is 5.26. The van der Waals surface area contributed by atoms with Gasteiger partial charge in [-0.2, -0.15) is 0 Å². The third kappa shape index (κ3) is 5.88. The number of hydrogen-bond acceptors (Lipinski definition) is 7. The fraction of sp³-hybridized carbons (Fsp3) is 0.394. The van der Waals surface area contributed by atoms with Crippen LogP contribution >= 0.6 is 0 Å². The molecule has 41 heavy (non-hydrogen) atoms.